The van der Waals surface area contributed by atoms with Gasteiger partial charge in [-0.15, -0.1) is 0 Å². The van der Waals surface area contributed by atoms with Crippen molar-refractivity contribution in [2.75, 3.05) is 10.5 Å². The first-order valence-corrected chi connectivity index (χ1v) is 7.50. The van der Waals surface area contributed by atoms with E-state index in [9.17, 15) is 28.6 Å². The highest BCUT2D eigenvalue weighted by Gasteiger charge is 2.23. The van der Waals surface area contributed by atoms with Gasteiger partial charge >= 0.3 is 0 Å². The van der Waals surface area contributed by atoms with Gasteiger partial charge in [0, 0.05) is 11.8 Å². The second-order valence-corrected chi connectivity index (χ2v) is 6.07. The third-order valence-electron chi connectivity index (χ3n) is 2.82. The van der Waals surface area contributed by atoms with Gasteiger partial charge in [-0.05, 0) is 30.3 Å². The standard InChI is InChI=1S/C12H10N4O6S/c13-8-1-4-10(5-2-8)23(21,22)14-11-6-3-9(15(17)18)7-12(11)16(19)20/h1-7,14H,13H2. The maximum absolute atomic E-state index is 12.2. The van der Waals surface area contributed by atoms with Crippen molar-refractivity contribution in [3.8, 4) is 0 Å². The molecular weight excluding hydrogens is 328 g/mol. The van der Waals surface area contributed by atoms with Crippen LogP contribution in [0.25, 0.3) is 0 Å². The van der Waals surface area contributed by atoms with E-state index in [-0.39, 0.29) is 10.6 Å². The van der Waals surface area contributed by atoms with Gasteiger partial charge in [0.15, 0.2) is 0 Å². The number of hydrogen-bond donors (Lipinski definition) is 2. The molecule has 0 unspecified atom stereocenters. The molecule has 3 N–H and O–H groups in total. The monoisotopic (exact) mass is 338 g/mol. The van der Waals surface area contributed by atoms with Gasteiger partial charge in [0.2, 0.25) is 0 Å². The van der Waals surface area contributed by atoms with E-state index < -0.39 is 31.2 Å². The summed E-state index contributed by atoms with van der Waals surface area (Å²) in [6.07, 6.45) is 0. The Hall–Kier alpha value is -3.21. The summed E-state index contributed by atoms with van der Waals surface area (Å²) < 4.78 is 26.4. The molecule has 0 atom stereocenters. The van der Waals surface area contributed by atoms with Crippen LogP contribution in [0.4, 0.5) is 22.7 Å². The number of sulfonamides is 1. The Morgan fingerprint density at radius 2 is 1.57 bits per heavy atom. The van der Waals surface area contributed by atoms with E-state index in [1.54, 1.807) is 0 Å². The number of nitrogens with two attached hydrogens (primary N) is 1. The van der Waals surface area contributed by atoms with Crippen LogP contribution in [0.2, 0.25) is 0 Å². The molecule has 0 saturated heterocycles. The van der Waals surface area contributed by atoms with E-state index in [1.807, 2.05) is 4.72 Å². The molecule has 0 aliphatic rings. The van der Waals surface area contributed by atoms with Gasteiger partial charge < -0.3 is 5.73 Å². The number of non-ortho nitro benzene ring substituents is 1. The minimum Gasteiger partial charge on any atom is -0.399 e. The second kappa shape index (κ2) is 5.88. The average Bonchev–Trinajstić information content (AvgIpc) is 2.47. The molecule has 0 aromatic heterocycles. The Kier molecular flexibility index (Phi) is 4.14. The number of nitrogens with one attached hydrogen (secondary N) is 1. The van der Waals surface area contributed by atoms with Crippen molar-refractivity contribution in [2.24, 2.45) is 0 Å². The highest BCUT2D eigenvalue weighted by molar-refractivity contribution is 7.92. The molecule has 0 radical (unpaired) electrons. The molecule has 2 aromatic rings. The topological polar surface area (TPSA) is 158 Å². The molecule has 2 rings (SSSR count). The number of hydrogen-bond acceptors (Lipinski definition) is 7. The summed E-state index contributed by atoms with van der Waals surface area (Å²) in [6, 6.07) is 7.79. The van der Waals surface area contributed by atoms with Crippen LogP contribution in [0.15, 0.2) is 47.4 Å². The van der Waals surface area contributed by atoms with E-state index in [2.05, 4.69) is 0 Å². The fraction of sp³-hybridized carbons (Fsp3) is 0. The number of nitrogens with zero attached hydrogens (tertiary/aromatic N) is 2. The van der Waals surface area contributed by atoms with Crippen LogP contribution < -0.4 is 10.5 Å². The van der Waals surface area contributed by atoms with Crippen LogP contribution in [0.5, 0.6) is 0 Å². The van der Waals surface area contributed by atoms with Gasteiger partial charge in [-0.3, -0.25) is 25.0 Å². The Morgan fingerprint density at radius 1 is 0.957 bits per heavy atom. The molecule has 0 saturated carbocycles. The number of anilines is 2. The first-order chi connectivity index (χ1) is 10.7. The molecule has 0 spiro atoms. The molecular formula is C12H10N4O6S. The maximum Gasteiger partial charge on any atom is 0.300 e. The molecule has 0 amide bonds. The van der Waals surface area contributed by atoms with Crippen molar-refractivity contribution in [2.45, 2.75) is 4.90 Å². The predicted octanol–water partition coefficient (Wildman–Crippen LogP) is 1.89. The first-order valence-electron chi connectivity index (χ1n) is 6.02. The Morgan fingerprint density at radius 3 is 2.09 bits per heavy atom. The fourth-order valence-corrected chi connectivity index (χ4v) is 2.80. The second-order valence-electron chi connectivity index (χ2n) is 4.39. The number of rotatable bonds is 5. The lowest BCUT2D eigenvalue weighted by Crippen LogP contribution is -2.14. The van der Waals surface area contributed by atoms with E-state index in [1.165, 1.54) is 24.3 Å². The van der Waals surface area contributed by atoms with Gasteiger partial charge in [0.1, 0.15) is 5.69 Å². The van der Waals surface area contributed by atoms with Crippen LogP contribution in [-0.2, 0) is 10.0 Å². The molecule has 2 aromatic carbocycles. The quantitative estimate of drug-likeness (QED) is 0.478. The van der Waals surface area contributed by atoms with Crippen molar-refractivity contribution in [1.82, 2.24) is 0 Å². The molecule has 0 bridgehead atoms. The minimum absolute atomic E-state index is 0.153. The van der Waals surface area contributed by atoms with Crippen molar-refractivity contribution < 1.29 is 18.3 Å². The summed E-state index contributed by atoms with van der Waals surface area (Å²) in [5.41, 5.74) is 4.19. The summed E-state index contributed by atoms with van der Waals surface area (Å²) in [5.74, 6) is 0. The minimum atomic E-state index is -4.10. The largest absolute Gasteiger partial charge is 0.399 e. The number of nitro groups is 2. The third kappa shape index (κ3) is 3.52. The molecule has 0 aliphatic heterocycles. The summed E-state index contributed by atoms with van der Waals surface area (Å²) >= 11 is 0. The molecule has 0 fully saturated rings. The van der Waals surface area contributed by atoms with E-state index in [4.69, 9.17) is 5.73 Å². The lowest BCUT2D eigenvalue weighted by molar-refractivity contribution is -0.393. The van der Waals surface area contributed by atoms with Gasteiger partial charge in [-0.1, -0.05) is 0 Å². The Bertz CT molecular complexity index is 879. The lowest BCUT2D eigenvalue weighted by atomic mass is 10.2. The Balaban J connectivity index is 2.44. The van der Waals surface area contributed by atoms with Gasteiger partial charge in [-0.2, -0.15) is 0 Å². The zero-order valence-electron chi connectivity index (χ0n) is 11.4. The number of nitrogen functional groups attached to an aromatic ring is 1. The molecule has 0 aliphatic carbocycles. The zero-order chi connectivity index (χ0) is 17.2. The first kappa shape index (κ1) is 16.2. The van der Waals surface area contributed by atoms with E-state index in [0.29, 0.717) is 11.8 Å². The van der Waals surface area contributed by atoms with Crippen LogP contribution in [0.3, 0.4) is 0 Å². The predicted molar refractivity (Wildman–Crippen MR) is 81.4 cm³/mol. The van der Waals surface area contributed by atoms with Crippen molar-refractivity contribution >= 4 is 32.8 Å². The SMILES string of the molecule is Nc1ccc(S(=O)(=O)Nc2ccc([N+](=O)[O-])cc2[N+](=O)[O-])cc1. The summed E-state index contributed by atoms with van der Waals surface area (Å²) in [6.45, 7) is 0. The highest BCUT2D eigenvalue weighted by Crippen LogP contribution is 2.30. The van der Waals surface area contributed by atoms with Gasteiger partial charge in [0.05, 0.1) is 20.8 Å². The Labute approximate surface area is 129 Å². The van der Waals surface area contributed by atoms with Crippen LogP contribution in [0.1, 0.15) is 0 Å². The molecule has 0 heterocycles. The van der Waals surface area contributed by atoms with Crippen molar-refractivity contribution in [3.63, 3.8) is 0 Å². The maximum atomic E-state index is 12.2. The summed E-state index contributed by atoms with van der Waals surface area (Å²) in [7, 11) is -4.10. The summed E-state index contributed by atoms with van der Waals surface area (Å²) in [5, 5.41) is 21.7. The van der Waals surface area contributed by atoms with Crippen LogP contribution in [-0.4, -0.2) is 18.3 Å². The number of benzene rings is 2. The smallest absolute Gasteiger partial charge is 0.300 e. The summed E-state index contributed by atoms with van der Waals surface area (Å²) in [4.78, 5) is 19.8. The van der Waals surface area contributed by atoms with Gasteiger partial charge in [-0.25, -0.2) is 8.42 Å². The zero-order valence-corrected chi connectivity index (χ0v) is 12.2. The molecule has 10 nitrogen and oxygen atoms in total. The average molecular weight is 338 g/mol. The van der Waals surface area contributed by atoms with Crippen LogP contribution >= 0.6 is 0 Å². The lowest BCUT2D eigenvalue weighted by Gasteiger charge is -2.08. The molecule has 11 heteroatoms. The number of nitro benzene ring substituents is 2. The van der Waals surface area contributed by atoms with Gasteiger partial charge in [0.25, 0.3) is 21.4 Å². The van der Waals surface area contributed by atoms with E-state index >= 15 is 0 Å². The fourth-order valence-electron chi connectivity index (χ4n) is 1.72. The van der Waals surface area contributed by atoms with E-state index in [0.717, 1.165) is 12.1 Å². The van der Waals surface area contributed by atoms with Crippen molar-refractivity contribution in [3.05, 3.63) is 62.7 Å². The normalized spacial score (nSPS) is 11.0. The molecule has 23 heavy (non-hydrogen) atoms. The van der Waals surface area contributed by atoms with Crippen LogP contribution in [0, 0.1) is 20.2 Å². The molecule has 120 valence electrons. The van der Waals surface area contributed by atoms with Crippen molar-refractivity contribution in [1.29, 1.82) is 0 Å². The third-order valence-corrected chi connectivity index (χ3v) is 4.20. The highest BCUT2D eigenvalue weighted by atomic mass is 32.2.